The summed E-state index contributed by atoms with van der Waals surface area (Å²) in [6, 6.07) is 17.5. The number of aliphatic hydroxyl groups excluding tert-OH is 1. The molecule has 0 saturated carbocycles. The van der Waals surface area contributed by atoms with Gasteiger partial charge in [0.1, 0.15) is 17.6 Å². The molecular formula is C28H25N3O4. The molecule has 1 fully saturated rings. The van der Waals surface area contributed by atoms with Crippen LogP contribution in [0.4, 0.5) is 0 Å². The fraction of sp³-hybridized carbons (Fsp3) is 0.179. The molecule has 0 bridgehead atoms. The van der Waals surface area contributed by atoms with E-state index in [4.69, 9.17) is 4.74 Å². The molecule has 0 aliphatic carbocycles. The van der Waals surface area contributed by atoms with Gasteiger partial charge >= 0.3 is 0 Å². The molecule has 2 N–H and O–H groups in total. The van der Waals surface area contributed by atoms with Crippen molar-refractivity contribution in [2.75, 3.05) is 13.7 Å². The van der Waals surface area contributed by atoms with Crippen molar-refractivity contribution in [3.63, 3.8) is 0 Å². The van der Waals surface area contributed by atoms with E-state index >= 15 is 0 Å². The minimum Gasteiger partial charge on any atom is -0.507 e. The quantitative estimate of drug-likeness (QED) is 0.247. The van der Waals surface area contributed by atoms with Crippen molar-refractivity contribution < 1.29 is 19.4 Å². The Morgan fingerprint density at radius 2 is 1.91 bits per heavy atom. The lowest BCUT2D eigenvalue weighted by Crippen LogP contribution is -2.32. The molecule has 7 nitrogen and oxygen atoms in total. The Labute approximate surface area is 202 Å². The summed E-state index contributed by atoms with van der Waals surface area (Å²) in [6.45, 7) is 2.22. The fourth-order valence-electron chi connectivity index (χ4n) is 4.56. The Morgan fingerprint density at radius 1 is 1.11 bits per heavy atom. The molecule has 2 aromatic carbocycles. The molecule has 3 heterocycles. The van der Waals surface area contributed by atoms with E-state index in [-0.39, 0.29) is 17.9 Å². The molecule has 1 amide bonds. The number of carbonyl (C=O) groups excluding carboxylic acids is 2. The molecule has 0 unspecified atom stereocenters. The first-order valence-corrected chi connectivity index (χ1v) is 11.4. The lowest BCUT2D eigenvalue weighted by Gasteiger charge is -2.24. The SMILES string of the molecule is COc1ccc2[nH]cc(CCN3C(=O)C(=O)C(=C(O)c4ccc(C)cc4)[C@H]3c3ccccn3)c2c1. The zero-order valence-corrected chi connectivity index (χ0v) is 19.5. The average Bonchev–Trinajstić information content (AvgIpc) is 3.40. The van der Waals surface area contributed by atoms with Gasteiger partial charge in [0, 0.05) is 35.4 Å². The number of aromatic nitrogens is 2. The number of rotatable bonds is 6. The first kappa shape index (κ1) is 22.4. The summed E-state index contributed by atoms with van der Waals surface area (Å²) in [7, 11) is 1.62. The van der Waals surface area contributed by atoms with Crippen molar-refractivity contribution in [1.82, 2.24) is 14.9 Å². The van der Waals surface area contributed by atoms with Gasteiger partial charge in [0.25, 0.3) is 11.7 Å². The Morgan fingerprint density at radius 3 is 2.63 bits per heavy atom. The number of aliphatic hydroxyl groups is 1. The number of methoxy groups -OCH3 is 1. The smallest absolute Gasteiger partial charge is 0.295 e. The molecule has 0 spiro atoms. The van der Waals surface area contributed by atoms with Crippen LogP contribution in [0.25, 0.3) is 16.7 Å². The first-order chi connectivity index (χ1) is 17.0. The molecule has 1 aliphatic heterocycles. The van der Waals surface area contributed by atoms with Crippen LogP contribution >= 0.6 is 0 Å². The van der Waals surface area contributed by atoms with Crippen molar-refractivity contribution in [3.8, 4) is 5.75 Å². The van der Waals surface area contributed by atoms with Crippen molar-refractivity contribution in [1.29, 1.82) is 0 Å². The number of ether oxygens (including phenoxy) is 1. The molecule has 0 radical (unpaired) electrons. The maximum absolute atomic E-state index is 13.2. The van der Waals surface area contributed by atoms with Crippen LogP contribution < -0.4 is 4.74 Å². The number of nitrogens with zero attached hydrogens (tertiary/aromatic N) is 2. The van der Waals surface area contributed by atoms with E-state index in [1.54, 1.807) is 43.6 Å². The highest BCUT2D eigenvalue weighted by Gasteiger charge is 2.46. The number of aryl methyl sites for hydroxylation is 1. The van der Waals surface area contributed by atoms with Gasteiger partial charge < -0.3 is 19.7 Å². The number of hydrogen-bond donors (Lipinski definition) is 2. The van der Waals surface area contributed by atoms with Gasteiger partial charge in [0.15, 0.2) is 0 Å². The number of fused-ring (bicyclic) bond motifs is 1. The van der Waals surface area contributed by atoms with Gasteiger partial charge in [-0.3, -0.25) is 14.6 Å². The van der Waals surface area contributed by atoms with Gasteiger partial charge in [-0.25, -0.2) is 0 Å². The topological polar surface area (TPSA) is 95.5 Å². The third-order valence-corrected chi connectivity index (χ3v) is 6.43. The zero-order valence-electron chi connectivity index (χ0n) is 19.5. The number of Topliss-reactive ketones (excluding diaryl/α,β-unsaturated/α-hetero) is 1. The molecule has 1 saturated heterocycles. The Hall–Kier alpha value is -4.39. The second kappa shape index (κ2) is 9.10. The van der Waals surface area contributed by atoms with E-state index in [2.05, 4.69) is 9.97 Å². The van der Waals surface area contributed by atoms with E-state index in [9.17, 15) is 14.7 Å². The van der Waals surface area contributed by atoms with Crippen molar-refractivity contribution in [2.45, 2.75) is 19.4 Å². The van der Waals surface area contributed by atoms with Crippen LogP contribution in [-0.4, -0.2) is 45.3 Å². The summed E-state index contributed by atoms with van der Waals surface area (Å²) in [6.07, 6.45) is 4.03. The first-order valence-electron chi connectivity index (χ1n) is 11.4. The number of likely N-dealkylation sites (tertiary alicyclic amines) is 1. The largest absolute Gasteiger partial charge is 0.507 e. The summed E-state index contributed by atoms with van der Waals surface area (Å²) in [5.41, 5.74) is 4.05. The van der Waals surface area contributed by atoms with Gasteiger partial charge in [0.2, 0.25) is 0 Å². The third kappa shape index (κ3) is 4.05. The molecule has 4 aromatic rings. The number of carbonyl (C=O) groups is 2. The van der Waals surface area contributed by atoms with Gasteiger partial charge in [0.05, 0.1) is 18.4 Å². The fourth-order valence-corrected chi connectivity index (χ4v) is 4.56. The van der Waals surface area contributed by atoms with Crippen LogP contribution in [0, 0.1) is 6.92 Å². The molecule has 35 heavy (non-hydrogen) atoms. The van der Waals surface area contributed by atoms with Gasteiger partial charge in [-0.1, -0.05) is 35.9 Å². The molecule has 7 heteroatoms. The van der Waals surface area contributed by atoms with Crippen LogP contribution in [0.3, 0.4) is 0 Å². The predicted octanol–water partition coefficient (Wildman–Crippen LogP) is 4.54. The van der Waals surface area contributed by atoms with E-state index in [1.807, 2.05) is 43.5 Å². The summed E-state index contributed by atoms with van der Waals surface area (Å²) in [5.74, 6) is -0.810. The predicted molar refractivity (Wildman–Crippen MR) is 133 cm³/mol. The maximum Gasteiger partial charge on any atom is 0.295 e. The normalized spacial score (nSPS) is 17.3. The summed E-state index contributed by atoms with van der Waals surface area (Å²) in [4.78, 5) is 35.5. The lowest BCUT2D eigenvalue weighted by molar-refractivity contribution is -0.139. The van der Waals surface area contributed by atoms with Crippen LogP contribution in [0.1, 0.15) is 28.4 Å². The van der Waals surface area contributed by atoms with E-state index in [0.717, 1.165) is 27.8 Å². The average molecular weight is 468 g/mol. The molecular weight excluding hydrogens is 442 g/mol. The Bertz CT molecular complexity index is 1440. The zero-order chi connectivity index (χ0) is 24.5. The Balaban J connectivity index is 1.54. The molecule has 5 rings (SSSR count). The molecule has 176 valence electrons. The molecule has 2 aromatic heterocycles. The minimum absolute atomic E-state index is 0.0538. The number of H-pyrrole nitrogens is 1. The number of hydrogen-bond acceptors (Lipinski definition) is 5. The number of aromatic amines is 1. The van der Waals surface area contributed by atoms with E-state index in [0.29, 0.717) is 17.7 Å². The number of benzene rings is 2. The standard InChI is InChI=1S/C28H25N3O4/c1-17-6-8-18(9-7-17)26(32)24-25(23-5-3-4-13-29-23)31(28(34)27(24)33)14-12-19-16-30-22-11-10-20(35-2)15-21(19)22/h3-11,13,15-16,25,30,32H,12,14H2,1-2H3/t25-/m1/s1. The number of nitrogens with one attached hydrogen (secondary N) is 1. The molecule has 1 atom stereocenters. The van der Waals surface area contributed by atoms with Crippen LogP contribution in [0.2, 0.25) is 0 Å². The maximum atomic E-state index is 13.2. The third-order valence-electron chi connectivity index (χ3n) is 6.43. The molecule has 1 aliphatic rings. The van der Waals surface area contributed by atoms with Gasteiger partial charge in [-0.05, 0) is 49.2 Å². The summed E-state index contributed by atoms with van der Waals surface area (Å²) in [5, 5.41) is 12.1. The highest BCUT2D eigenvalue weighted by atomic mass is 16.5. The lowest BCUT2D eigenvalue weighted by atomic mass is 9.98. The van der Waals surface area contributed by atoms with Crippen molar-refractivity contribution in [2.24, 2.45) is 0 Å². The summed E-state index contributed by atoms with van der Waals surface area (Å²) >= 11 is 0. The van der Waals surface area contributed by atoms with Crippen LogP contribution in [0.15, 0.2) is 78.6 Å². The highest BCUT2D eigenvalue weighted by Crippen LogP contribution is 2.39. The van der Waals surface area contributed by atoms with Crippen LogP contribution in [0.5, 0.6) is 5.75 Å². The van der Waals surface area contributed by atoms with Crippen molar-refractivity contribution >= 4 is 28.4 Å². The highest BCUT2D eigenvalue weighted by molar-refractivity contribution is 6.46. The number of ketones is 1. The van der Waals surface area contributed by atoms with E-state index in [1.165, 1.54) is 4.90 Å². The van der Waals surface area contributed by atoms with E-state index < -0.39 is 17.7 Å². The van der Waals surface area contributed by atoms with Crippen molar-refractivity contribution in [3.05, 3.63) is 101 Å². The second-order valence-electron chi connectivity index (χ2n) is 8.59. The second-order valence-corrected chi connectivity index (χ2v) is 8.59. The number of pyridine rings is 1. The Kier molecular flexibility index (Phi) is 5.82. The monoisotopic (exact) mass is 467 g/mol. The van der Waals surface area contributed by atoms with Gasteiger partial charge in [-0.15, -0.1) is 0 Å². The summed E-state index contributed by atoms with van der Waals surface area (Å²) < 4.78 is 5.36. The minimum atomic E-state index is -0.780. The number of amides is 1. The van der Waals surface area contributed by atoms with Crippen LogP contribution in [-0.2, 0) is 16.0 Å². The van der Waals surface area contributed by atoms with Gasteiger partial charge in [-0.2, -0.15) is 0 Å².